The Morgan fingerprint density at radius 3 is 2.08 bits per heavy atom. The molecule has 1 N–H and O–H groups in total. The third kappa shape index (κ3) is 1.47. The van der Waals surface area contributed by atoms with Gasteiger partial charge in [-0.3, -0.25) is 4.79 Å². The number of furan rings is 1. The highest BCUT2D eigenvalue weighted by Crippen LogP contribution is 2.21. The summed E-state index contributed by atoms with van der Waals surface area (Å²) in [7, 11) is 0. The number of rotatable bonds is 2. The summed E-state index contributed by atoms with van der Waals surface area (Å²) in [6.45, 7) is 4.44. The Balaban J connectivity index is 3.39. The van der Waals surface area contributed by atoms with Crippen molar-refractivity contribution < 1.29 is 19.1 Å². The monoisotopic (exact) mass is 182 g/mol. The standard InChI is InChI=1S/C9H10O4/c1-4-7(9(11)12)6(3)13-8(4)5(2)10/h1-3H3,(H,11,12). The average Bonchev–Trinajstić information content (AvgIpc) is 2.26. The number of Topliss-reactive ketones (excluding diaryl/α,β-unsaturated/α-hetero) is 1. The van der Waals surface area contributed by atoms with Crippen LogP contribution in [0.1, 0.15) is 39.2 Å². The van der Waals surface area contributed by atoms with Gasteiger partial charge in [0.2, 0.25) is 0 Å². The van der Waals surface area contributed by atoms with Crippen molar-refractivity contribution in [2.75, 3.05) is 0 Å². The second-order valence-corrected chi connectivity index (χ2v) is 2.85. The van der Waals surface area contributed by atoms with Crippen molar-refractivity contribution in [1.29, 1.82) is 0 Å². The summed E-state index contributed by atoms with van der Waals surface area (Å²) in [6, 6.07) is 0. The predicted octanol–water partition coefficient (Wildman–Crippen LogP) is 1.80. The Morgan fingerprint density at radius 1 is 1.31 bits per heavy atom. The summed E-state index contributed by atoms with van der Waals surface area (Å²) >= 11 is 0. The fourth-order valence-electron chi connectivity index (χ4n) is 1.31. The highest BCUT2D eigenvalue weighted by Gasteiger charge is 2.21. The lowest BCUT2D eigenvalue weighted by Crippen LogP contribution is -2.00. The topological polar surface area (TPSA) is 67.5 Å². The lowest BCUT2D eigenvalue weighted by Gasteiger charge is -1.91. The van der Waals surface area contributed by atoms with Crippen molar-refractivity contribution >= 4 is 11.8 Å². The van der Waals surface area contributed by atoms with Crippen molar-refractivity contribution in [3.63, 3.8) is 0 Å². The molecule has 70 valence electrons. The number of aryl methyl sites for hydroxylation is 1. The van der Waals surface area contributed by atoms with E-state index in [1.165, 1.54) is 13.8 Å². The van der Waals surface area contributed by atoms with Crippen LogP contribution in [0.15, 0.2) is 4.42 Å². The summed E-state index contributed by atoms with van der Waals surface area (Å²) in [4.78, 5) is 21.7. The van der Waals surface area contributed by atoms with Gasteiger partial charge in [-0.25, -0.2) is 4.79 Å². The quantitative estimate of drug-likeness (QED) is 0.708. The van der Waals surface area contributed by atoms with Crippen LogP contribution in [0, 0.1) is 13.8 Å². The number of hydrogen-bond acceptors (Lipinski definition) is 3. The van der Waals surface area contributed by atoms with Gasteiger partial charge < -0.3 is 9.52 Å². The second kappa shape index (κ2) is 3.05. The minimum atomic E-state index is -1.06. The second-order valence-electron chi connectivity index (χ2n) is 2.85. The van der Waals surface area contributed by atoms with Gasteiger partial charge in [0, 0.05) is 12.5 Å². The first-order valence-electron chi connectivity index (χ1n) is 3.79. The Labute approximate surface area is 75.2 Å². The van der Waals surface area contributed by atoms with E-state index in [9.17, 15) is 9.59 Å². The summed E-state index contributed by atoms with van der Waals surface area (Å²) in [6.07, 6.45) is 0. The van der Waals surface area contributed by atoms with Crippen LogP contribution in [0.25, 0.3) is 0 Å². The van der Waals surface area contributed by atoms with Crippen LogP contribution in [0.2, 0.25) is 0 Å². The van der Waals surface area contributed by atoms with Gasteiger partial charge in [0.25, 0.3) is 0 Å². The number of aromatic carboxylic acids is 1. The Hall–Kier alpha value is -1.58. The number of carbonyl (C=O) groups is 2. The number of ketones is 1. The molecule has 0 atom stereocenters. The van der Waals surface area contributed by atoms with Crippen LogP contribution in [0.4, 0.5) is 0 Å². The highest BCUT2D eigenvalue weighted by atomic mass is 16.4. The van der Waals surface area contributed by atoms with E-state index in [1.54, 1.807) is 6.92 Å². The molecule has 4 heteroatoms. The molecule has 1 aromatic heterocycles. The lowest BCUT2D eigenvalue weighted by atomic mass is 10.1. The Morgan fingerprint density at radius 2 is 1.85 bits per heavy atom. The van der Waals surface area contributed by atoms with Gasteiger partial charge in [-0.2, -0.15) is 0 Å². The maximum atomic E-state index is 11.0. The molecule has 0 aromatic carbocycles. The molecule has 0 aliphatic heterocycles. The van der Waals surface area contributed by atoms with E-state index < -0.39 is 5.97 Å². The largest absolute Gasteiger partial charge is 0.478 e. The van der Waals surface area contributed by atoms with E-state index in [4.69, 9.17) is 9.52 Å². The van der Waals surface area contributed by atoms with Crippen molar-refractivity contribution in [2.45, 2.75) is 20.8 Å². The zero-order valence-electron chi connectivity index (χ0n) is 7.67. The fourth-order valence-corrected chi connectivity index (χ4v) is 1.31. The molecule has 4 nitrogen and oxygen atoms in total. The number of hydrogen-bond donors (Lipinski definition) is 1. The van der Waals surface area contributed by atoms with Gasteiger partial charge in [-0.1, -0.05) is 0 Å². The first-order valence-corrected chi connectivity index (χ1v) is 3.79. The minimum absolute atomic E-state index is 0.0881. The predicted molar refractivity (Wildman–Crippen MR) is 45.1 cm³/mol. The van der Waals surface area contributed by atoms with Crippen LogP contribution in [0.5, 0.6) is 0 Å². The first-order chi connectivity index (χ1) is 5.95. The molecular weight excluding hydrogens is 172 g/mol. The molecule has 0 amide bonds. The third-order valence-corrected chi connectivity index (χ3v) is 1.86. The van der Waals surface area contributed by atoms with Gasteiger partial charge in [0.15, 0.2) is 11.5 Å². The third-order valence-electron chi connectivity index (χ3n) is 1.86. The Bertz CT molecular complexity index is 373. The summed E-state index contributed by atoms with van der Waals surface area (Å²) in [5.74, 6) is -0.913. The summed E-state index contributed by atoms with van der Waals surface area (Å²) < 4.78 is 5.04. The molecule has 1 aromatic rings. The molecule has 0 bridgehead atoms. The maximum absolute atomic E-state index is 11.0. The van der Waals surface area contributed by atoms with Crippen LogP contribution < -0.4 is 0 Å². The molecule has 1 rings (SSSR count). The van der Waals surface area contributed by atoms with Gasteiger partial charge in [0.1, 0.15) is 11.3 Å². The number of carboxylic acid groups (broad SMARTS) is 1. The van der Waals surface area contributed by atoms with Gasteiger partial charge in [-0.15, -0.1) is 0 Å². The van der Waals surface area contributed by atoms with Crippen molar-refractivity contribution in [1.82, 2.24) is 0 Å². The molecule has 0 saturated carbocycles. The minimum Gasteiger partial charge on any atom is -0.478 e. The molecular formula is C9H10O4. The molecule has 0 fully saturated rings. The molecule has 0 radical (unpaired) electrons. The van der Waals surface area contributed by atoms with E-state index in [2.05, 4.69) is 0 Å². The number of carboxylic acids is 1. The normalized spacial score (nSPS) is 10.1. The van der Waals surface area contributed by atoms with Gasteiger partial charge in [-0.05, 0) is 13.8 Å². The molecule has 1 heterocycles. The van der Waals surface area contributed by atoms with Crippen LogP contribution >= 0.6 is 0 Å². The summed E-state index contributed by atoms with van der Waals surface area (Å²) in [5, 5.41) is 8.77. The summed E-state index contributed by atoms with van der Waals surface area (Å²) in [5.41, 5.74) is 0.489. The van der Waals surface area contributed by atoms with Crippen LogP contribution in [-0.2, 0) is 0 Å². The van der Waals surface area contributed by atoms with E-state index in [-0.39, 0.29) is 22.9 Å². The maximum Gasteiger partial charge on any atom is 0.339 e. The SMILES string of the molecule is CC(=O)c1oc(C)c(C(=O)O)c1C. The van der Waals surface area contributed by atoms with E-state index >= 15 is 0 Å². The molecule has 0 saturated heterocycles. The lowest BCUT2D eigenvalue weighted by molar-refractivity contribution is 0.0694. The zero-order chi connectivity index (χ0) is 10.2. The fraction of sp³-hybridized carbons (Fsp3) is 0.333. The van der Waals surface area contributed by atoms with Crippen molar-refractivity contribution in [3.05, 3.63) is 22.6 Å². The van der Waals surface area contributed by atoms with Gasteiger partial charge >= 0.3 is 5.97 Å². The highest BCUT2D eigenvalue weighted by molar-refractivity contribution is 5.98. The van der Waals surface area contributed by atoms with Crippen LogP contribution in [-0.4, -0.2) is 16.9 Å². The number of carbonyl (C=O) groups excluding carboxylic acids is 1. The van der Waals surface area contributed by atoms with Crippen LogP contribution in [0.3, 0.4) is 0 Å². The molecule has 0 aliphatic rings. The molecule has 0 aliphatic carbocycles. The molecule has 13 heavy (non-hydrogen) atoms. The van der Waals surface area contributed by atoms with Crippen molar-refractivity contribution in [2.24, 2.45) is 0 Å². The molecule has 0 unspecified atom stereocenters. The van der Waals surface area contributed by atoms with Gasteiger partial charge in [0.05, 0.1) is 0 Å². The smallest absolute Gasteiger partial charge is 0.339 e. The molecule has 0 spiro atoms. The van der Waals surface area contributed by atoms with E-state index in [1.807, 2.05) is 0 Å². The van der Waals surface area contributed by atoms with E-state index in [0.29, 0.717) is 5.56 Å². The zero-order valence-corrected chi connectivity index (χ0v) is 7.67. The first kappa shape index (κ1) is 9.51. The average molecular weight is 182 g/mol. The Kier molecular flexibility index (Phi) is 2.23. The van der Waals surface area contributed by atoms with E-state index in [0.717, 1.165) is 0 Å². The van der Waals surface area contributed by atoms with Crippen molar-refractivity contribution in [3.8, 4) is 0 Å².